The third kappa shape index (κ3) is 5.85. The molecule has 27 heavy (non-hydrogen) atoms. The molecule has 5 heteroatoms. The zero-order chi connectivity index (χ0) is 20.0. The van der Waals surface area contributed by atoms with Crippen LogP contribution in [0, 0.1) is 0 Å². The van der Waals surface area contributed by atoms with Crippen molar-refractivity contribution in [3.8, 4) is 0 Å². The van der Waals surface area contributed by atoms with Crippen LogP contribution in [0.25, 0.3) is 0 Å². The fourth-order valence-corrected chi connectivity index (χ4v) is 3.67. The van der Waals surface area contributed by atoms with Crippen LogP contribution in [0.3, 0.4) is 0 Å². The van der Waals surface area contributed by atoms with Crippen LogP contribution in [0.4, 0.5) is 0 Å². The molecule has 0 N–H and O–H groups in total. The van der Waals surface area contributed by atoms with Gasteiger partial charge < -0.3 is 9.47 Å². The normalized spacial score (nSPS) is 19.0. The molecule has 1 aromatic rings. The minimum Gasteiger partial charge on any atom is -0.469 e. The smallest absolute Gasteiger partial charge is 0.313 e. The van der Waals surface area contributed by atoms with Gasteiger partial charge in [0, 0.05) is 6.92 Å². The number of benzene rings is 1. The van der Waals surface area contributed by atoms with Crippen molar-refractivity contribution in [2.75, 3.05) is 7.11 Å². The number of hydrogen-bond acceptors (Lipinski definition) is 4. The minimum atomic E-state index is -0.245. The summed E-state index contributed by atoms with van der Waals surface area (Å²) in [6.45, 7) is 7.87. The second kappa shape index (κ2) is 9.43. The van der Waals surface area contributed by atoms with Crippen LogP contribution < -0.4 is 5.46 Å². The number of carbonyl (C=O) groups excluding carboxylic acids is 2. The predicted octanol–water partition coefficient (Wildman–Crippen LogP) is 3.88. The van der Waals surface area contributed by atoms with E-state index < -0.39 is 0 Å². The van der Waals surface area contributed by atoms with E-state index in [2.05, 4.69) is 44.1 Å². The Morgan fingerprint density at radius 1 is 1.19 bits per heavy atom. The van der Waals surface area contributed by atoms with E-state index in [0.717, 1.165) is 24.7 Å². The summed E-state index contributed by atoms with van der Waals surface area (Å²) in [5, 5.41) is 0. The average Bonchev–Trinajstić information content (AvgIpc) is 2.97. The fourth-order valence-electron chi connectivity index (χ4n) is 3.67. The van der Waals surface area contributed by atoms with Crippen molar-refractivity contribution in [2.24, 2.45) is 0 Å². The van der Waals surface area contributed by atoms with Gasteiger partial charge in [0.2, 0.25) is 0 Å². The SMILES string of the molecule is CC(C(=O)OC1CCCCC1)c1ccc2c(c1)C(C)(C)C[B]2.COC(C)=O. The molecule has 0 saturated heterocycles. The molecule has 1 aromatic carbocycles. The summed E-state index contributed by atoms with van der Waals surface area (Å²) in [6, 6.07) is 6.46. The van der Waals surface area contributed by atoms with E-state index in [-0.39, 0.29) is 29.4 Å². The van der Waals surface area contributed by atoms with Gasteiger partial charge in [0.15, 0.2) is 7.28 Å². The lowest BCUT2D eigenvalue weighted by Crippen LogP contribution is -2.24. The van der Waals surface area contributed by atoms with E-state index in [0.29, 0.717) is 0 Å². The molecule has 0 bridgehead atoms. The zero-order valence-electron chi connectivity index (χ0n) is 17.3. The molecule has 1 unspecified atom stereocenters. The van der Waals surface area contributed by atoms with Gasteiger partial charge in [-0.05, 0) is 49.1 Å². The van der Waals surface area contributed by atoms with E-state index in [1.165, 1.54) is 44.3 Å². The summed E-state index contributed by atoms with van der Waals surface area (Å²) in [4.78, 5) is 22.0. The first-order valence-corrected chi connectivity index (χ1v) is 9.97. The van der Waals surface area contributed by atoms with Gasteiger partial charge in [0.25, 0.3) is 0 Å². The summed E-state index contributed by atoms with van der Waals surface area (Å²) in [6.07, 6.45) is 6.94. The summed E-state index contributed by atoms with van der Waals surface area (Å²) >= 11 is 0. The molecule has 1 fully saturated rings. The van der Waals surface area contributed by atoms with Gasteiger partial charge >= 0.3 is 11.9 Å². The van der Waals surface area contributed by atoms with Gasteiger partial charge in [0.05, 0.1) is 13.0 Å². The second-order valence-corrected chi connectivity index (χ2v) is 8.25. The Bertz CT molecular complexity index is 662. The highest BCUT2D eigenvalue weighted by molar-refractivity contribution is 6.56. The van der Waals surface area contributed by atoms with Crippen molar-refractivity contribution in [1.29, 1.82) is 0 Å². The lowest BCUT2D eigenvalue weighted by Gasteiger charge is -2.25. The number of esters is 2. The highest BCUT2D eigenvalue weighted by Crippen LogP contribution is 2.33. The number of ether oxygens (including phenoxy) is 2. The van der Waals surface area contributed by atoms with E-state index in [1.807, 2.05) is 6.92 Å². The molecule has 1 aliphatic carbocycles. The Hall–Kier alpha value is -1.78. The van der Waals surface area contributed by atoms with Crippen molar-refractivity contribution < 1.29 is 19.1 Å². The maximum absolute atomic E-state index is 12.4. The number of methoxy groups -OCH3 is 1. The Balaban J connectivity index is 0.000000465. The third-order valence-electron chi connectivity index (χ3n) is 5.61. The Labute approximate surface area is 164 Å². The maximum atomic E-state index is 12.4. The molecule has 1 radical (unpaired) electrons. The predicted molar refractivity (Wildman–Crippen MR) is 109 cm³/mol. The van der Waals surface area contributed by atoms with E-state index in [9.17, 15) is 9.59 Å². The van der Waals surface area contributed by atoms with Crippen LogP contribution in [0.2, 0.25) is 6.32 Å². The Morgan fingerprint density at radius 2 is 1.81 bits per heavy atom. The molecule has 147 valence electrons. The van der Waals surface area contributed by atoms with Crippen molar-refractivity contribution in [3.63, 3.8) is 0 Å². The largest absolute Gasteiger partial charge is 0.469 e. The summed E-state index contributed by atoms with van der Waals surface area (Å²) in [5.74, 6) is -0.486. The standard InChI is InChI=1S/C19H26BO2.C3H6O2/c1-13(18(21)22-15-7-5-4-6-8-15)14-9-10-17-16(11-14)19(2,3)12-20-17;1-3(4)5-2/h9-11,13,15H,4-8,12H2,1-3H3;1-2H3. The van der Waals surface area contributed by atoms with Crippen LogP contribution >= 0.6 is 0 Å². The zero-order valence-corrected chi connectivity index (χ0v) is 17.3. The summed E-state index contributed by atoms with van der Waals surface area (Å²) in [5.41, 5.74) is 3.95. The first kappa shape index (κ1) is 21.5. The molecule has 3 rings (SSSR count). The summed E-state index contributed by atoms with van der Waals surface area (Å²) < 4.78 is 9.84. The summed E-state index contributed by atoms with van der Waals surface area (Å²) in [7, 11) is 3.65. The van der Waals surface area contributed by atoms with E-state index >= 15 is 0 Å². The first-order chi connectivity index (χ1) is 12.7. The highest BCUT2D eigenvalue weighted by atomic mass is 16.5. The van der Waals surface area contributed by atoms with Gasteiger partial charge in [-0.1, -0.05) is 50.3 Å². The minimum absolute atomic E-state index is 0.0633. The molecule has 0 aromatic heterocycles. The Kier molecular flexibility index (Phi) is 7.52. The molecule has 0 spiro atoms. The number of hydrogen-bond donors (Lipinski definition) is 0. The molecule has 2 aliphatic rings. The average molecular weight is 371 g/mol. The molecular formula is C22H32BO4. The molecule has 1 atom stereocenters. The number of fused-ring (bicyclic) bond motifs is 1. The molecule has 0 amide bonds. The maximum Gasteiger partial charge on any atom is 0.313 e. The van der Waals surface area contributed by atoms with Crippen molar-refractivity contribution in [1.82, 2.24) is 0 Å². The van der Waals surface area contributed by atoms with Gasteiger partial charge in [-0.3, -0.25) is 9.59 Å². The third-order valence-corrected chi connectivity index (χ3v) is 5.61. The molecule has 1 heterocycles. The number of carbonyl (C=O) groups is 2. The van der Waals surface area contributed by atoms with Crippen LogP contribution in [0.15, 0.2) is 18.2 Å². The van der Waals surface area contributed by atoms with Crippen molar-refractivity contribution in [3.05, 3.63) is 29.3 Å². The van der Waals surface area contributed by atoms with Gasteiger partial charge in [0.1, 0.15) is 6.10 Å². The van der Waals surface area contributed by atoms with E-state index in [4.69, 9.17) is 4.74 Å². The quantitative estimate of drug-likeness (QED) is 0.598. The Morgan fingerprint density at radius 3 is 2.41 bits per heavy atom. The van der Waals surface area contributed by atoms with Gasteiger partial charge in [-0.25, -0.2) is 0 Å². The molecular weight excluding hydrogens is 339 g/mol. The number of rotatable bonds is 3. The lowest BCUT2D eigenvalue weighted by atomic mass is 9.69. The topological polar surface area (TPSA) is 52.6 Å². The van der Waals surface area contributed by atoms with Crippen molar-refractivity contribution in [2.45, 2.75) is 83.6 Å². The van der Waals surface area contributed by atoms with Crippen LogP contribution in [0.5, 0.6) is 0 Å². The van der Waals surface area contributed by atoms with Crippen LogP contribution in [0.1, 0.15) is 76.8 Å². The molecule has 1 aliphatic heterocycles. The molecule has 1 saturated carbocycles. The van der Waals surface area contributed by atoms with Crippen LogP contribution in [-0.2, 0) is 24.5 Å². The second-order valence-electron chi connectivity index (χ2n) is 8.25. The lowest BCUT2D eigenvalue weighted by molar-refractivity contribution is -0.152. The molecule has 4 nitrogen and oxygen atoms in total. The first-order valence-electron chi connectivity index (χ1n) is 9.97. The van der Waals surface area contributed by atoms with E-state index in [1.54, 1.807) is 0 Å². The highest BCUT2D eigenvalue weighted by Gasteiger charge is 2.31. The van der Waals surface area contributed by atoms with Gasteiger partial charge in [-0.15, -0.1) is 0 Å². The van der Waals surface area contributed by atoms with Crippen LogP contribution in [-0.4, -0.2) is 32.4 Å². The monoisotopic (exact) mass is 371 g/mol. The van der Waals surface area contributed by atoms with Crippen molar-refractivity contribution >= 4 is 24.7 Å². The fraction of sp³-hybridized carbons (Fsp3) is 0.636. The van der Waals surface area contributed by atoms with Gasteiger partial charge in [-0.2, -0.15) is 0 Å².